The Kier molecular flexibility index (Phi) is 6.17. The number of fused-ring (bicyclic) bond motifs is 1. The van der Waals surface area contributed by atoms with Crippen molar-refractivity contribution >= 4 is 43.3 Å². The summed E-state index contributed by atoms with van der Waals surface area (Å²) >= 11 is 0. The number of hydrogen-bond acceptors (Lipinski definition) is 7. The van der Waals surface area contributed by atoms with E-state index in [2.05, 4.69) is 30.8 Å². The van der Waals surface area contributed by atoms with Gasteiger partial charge in [-0.25, -0.2) is 13.4 Å². The van der Waals surface area contributed by atoms with Crippen molar-refractivity contribution in [1.29, 1.82) is 0 Å². The third kappa shape index (κ3) is 4.78. The van der Waals surface area contributed by atoms with Gasteiger partial charge in [0.25, 0.3) is 5.91 Å². The summed E-state index contributed by atoms with van der Waals surface area (Å²) < 4.78 is 24.6. The molecule has 1 aliphatic carbocycles. The molecule has 3 heterocycles. The number of hydrogen-bond donors (Lipinski definition) is 3. The minimum Gasteiger partial charge on any atom is -0.324 e. The van der Waals surface area contributed by atoms with E-state index >= 15 is 0 Å². The van der Waals surface area contributed by atoms with Gasteiger partial charge >= 0.3 is 0 Å². The number of amides is 2. The Hall–Kier alpha value is -3.86. The molecule has 1 fully saturated rings. The lowest BCUT2D eigenvalue weighted by Crippen LogP contribution is -2.29. The van der Waals surface area contributed by atoms with Crippen LogP contribution in [-0.4, -0.2) is 45.7 Å². The van der Waals surface area contributed by atoms with Crippen LogP contribution in [0, 0.1) is 5.92 Å². The molecule has 36 heavy (non-hydrogen) atoms. The highest BCUT2D eigenvalue weighted by atomic mass is 32.2. The fourth-order valence-corrected chi connectivity index (χ4v) is 5.06. The zero-order valence-corrected chi connectivity index (χ0v) is 20.7. The van der Waals surface area contributed by atoms with E-state index in [1.54, 1.807) is 26.2 Å². The van der Waals surface area contributed by atoms with Crippen molar-refractivity contribution in [1.82, 2.24) is 20.5 Å². The maximum absolute atomic E-state index is 13.0. The zero-order chi connectivity index (χ0) is 25.4. The van der Waals surface area contributed by atoms with Crippen molar-refractivity contribution in [3.8, 4) is 11.1 Å². The molecule has 0 atom stereocenters. The molecule has 2 aliphatic rings. The Labute approximate surface area is 208 Å². The number of pyridine rings is 1. The van der Waals surface area contributed by atoms with Crippen molar-refractivity contribution in [3.05, 3.63) is 54.3 Å². The molecular formula is C25H26N6O4S. The topological polar surface area (TPSA) is 146 Å². The van der Waals surface area contributed by atoms with E-state index in [4.69, 9.17) is 0 Å². The van der Waals surface area contributed by atoms with E-state index in [1.807, 2.05) is 24.3 Å². The number of rotatable bonds is 6. The average molecular weight is 507 g/mol. The first kappa shape index (κ1) is 23.9. The molecule has 0 unspecified atom stereocenters. The fraction of sp³-hybridized carbons (Fsp3) is 0.320. The number of carbonyl (C=O) groups excluding carboxylic acids is 2. The van der Waals surface area contributed by atoms with Gasteiger partial charge in [0.2, 0.25) is 5.91 Å². The molecule has 1 aliphatic heterocycles. The Bertz CT molecular complexity index is 1530. The second kappa shape index (κ2) is 9.30. The summed E-state index contributed by atoms with van der Waals surface area (Å²) in [7, 11) is -3.42. The number of aliphatic imine (C=N–C) groups is 1. The number of nitrogens with one attached hydrogen (secondary N) is 3. The molecule has 1 saturated carbocycles. The predicted molar refractivity (Wildman–Crippen MR) is 137 cm³/mol. The molecule has 2 amide bonds. The van der Waals surface area contributed by atoms with Crippen LogP contribution < -0.4 is 10.6 Å². The summed E-state index contributed by atoms with van der Waals surface area (Å²) in [5.74, 6) is -0.319. The quantitative estimate of drug-likeness (QED) is 0.466. The van der Waals surface area contributed by atoms with Crippen molar-refractivity contribution in [2.75, 3.05) is 5.32 Å². The van der Waals surface area contributed by atoms with Gasteiger partial charge in [0.15, 0.2) is 15.5 Å². The highest BCUT2D eigenvalue weighted by molar-refractivity contribution is 8.06. The van der Waals surface area contributed by atoms with Crippen LogP contribution in [0.3, 0.4) is 0 Å². The van der Waals surface area contributed by atoms with Gasteiger partial charge in [0, 0.05) is 41.4 Å². The van der Waals surface area contributed by atoms with E-state index in [0.717, 1.165) is 24.0 Å². The molecule has 0 spiro atoms. The van der Waals surface area contributed by atoms with Gasteiger partial charge in [0.05, 0.1) is 22.7 Å². The molecule has 11 heteroatoms. The first-order chi connectivity index (χ1) is 17.2. The Morgan fingerprint density at radius 2 is 1.86 bits per heavy atom. The molecule has 0 radical (unpaired) electrons. The van der Waals surface area contributed by atoms with Gasteiger partial charge in [-0.15, -0.1) is 0 Å². The zero-order valence-electron chi connectivity index (χ0n) is 19.9. The van der Waals surface area contributed by atoms with Crippen LogP contribution >= 0.6 is 0 Å². The summed E-state index contributed by atoms with van der Waals surface area (Å²) in [5, 5.41) is 13.0. The van der Waals surface area contributed by atoms with Gasteiger partial charge in [0.1, 0.15) is 5.04 Å². The summed E-state index contributed by atoms with van der Waals surface area (Å²) in [6.45, 7) is 3.23. The number of benzene rings is 1. The van der Waals surface area contributed by atoms with Crippen molar-refractivity contribution in [2.24, 2.45) is 10.9 Å². The number of aromatic amines is 1. The standard InChI is InChI=1S/C25H26N6O4S/c1-14(2)36(34,35)22-8-6-18(13-27-22)28-25(33)23-20-10-16(5-7-21(20)30-31-23)17-9-19(12-26-11-17)29-24(32)15-3-4-15/h5,7,9-15H,3-4,6,8H2,1-2H3,(H,28,33)(H,29,32)(H,30,31). The number of carbonyl (C=O) groups is 2. The van der Waals surface area contributed by atoms with Crippen LogP contribution in [0.4, 0.5) is 5.69 Å². The van der Waals surface area contributed by atoms with Crippen LogP contribution in [0.1, 0.15) is 50.0 Å². The van der Waals surface area contributed by atoms with Crippen molar-refractivity contribution in [3.63, 3.8) is 0 Å². The first-order valence-electron chi connectivity index (χ1n) is 11.8. The molecule has 5 rings (SSSR count). The number of allylic oxidation sites excluding steroid dienone is 1. The van der Waals surface area contributed by atoms with Crippen LogP contribution in [0.25, 0.3) is 22.0 Å². The largest absolute Gasteiger partial charge is 0.324 e. The molecule has 3 aromatic rings. The van der Waals surface area contributed by atoms with Crippen molar-refractivity contribution < 1.29 is 18.0 Å². The fourth-order valence-electron chi connectivity index (χ4n) is 3.93. The molecule has 2 aromatic heterocycles. The summed E-state index contributed by atoms with van der Waals surface area (Å²) in [5.41, 5.74) is 3.66. The number of nitrogens with zero attached hydrogens (tertiary/aromatic N) is 3. The summed E-state index contributed by atoms with van der Waals surface area (Å²) in [4.78, 5) is 33.4. The number of H-pyrrole nitrogens is 1. The average Bonchev–Trinajstić information content (AvgIpc) is 3.63. The Morgan fingerprint density at radius 3 is 2.56 bits per heavy atom. The minimum absolute atomic E-state index is 0.00784. The molecule has 3 N–H and O–H groups in total. The Morgan fingerprint density at radius 1 is 1.06 bits per heavy atom. The third-order valence-electron chi connectivity index (χ3n) is 6.26. The molecule has 1 aromatic carbocycles. The van der Waals surface area contributed by atoms with Gasteiger partial charge in [-0.05, 0) is 56.9 Å². The smallest absolute Gasteiger partial charge is 0.276 e. The second-order valence-electron chi connectivity index (χ2n) is 9.28. The van der Waals surface area contributed by atoms with Gasteiger partial charge in [-0.2, -0.15) is 5.10 Å². The Balaban J connectivity index is 1.36. The monoisotopic (exact) mass is 506 g/mol. The number of anilines is 1. The van der Waals surface area contributed by atoms with Crippen LogP contribution in [0.5, 0.6) is 0 Å². The maximum atomic E-state index is 13.0. The van der Waals surface area contributed by atoms with Gasteiger partial charge in [-0.1, -0.05) is 6.07 Å². The number of sulfone groups is 1. The summed E-state index contributed by atoms with van der Waals surface area (Å²) in [6, 6.07) is 7.41. The van der Waals surface area contributed by atoms with Gasteiger partial charge in [-0.3, -0.25) is 19.7 Å². The minimum atomic E-state index is -3.42. The van der Waals surface area contributed by atoms with E-state index in [1.165, 1.54) is 6.20 Å². The molecule has 0 bridgehead atoms. The maximum Gasteiger partial charge on any atom is 0.276 e. The SMILES string of the molecule is CC(C)S(=O)(=O)C1=NC=C(NC(=O)c2n[nH]c3ccc(-c4cncc(NC(=O)C5CC5)c4)cc23)CC1. The predicted octanol–water partition coefficient (Wildman–Crippen LogP) is 3.56. The lowest BCUT2D eigenvalue weighted by molar-refractivity contribution is -0.117. The van der Waals surface area contributed by atoms with E-state index in [0.29, 0.717) is 28.7 Å². The molecular weight excluding hydrogens is 480 g/mol. The van der Waals surface area contributed by atoms with E-state index < -0.39 is 21.0 Å². The molecule has 10 nitrogen and oxygen atoms in total. The number of aromatic nitrogens is 3. The normalized spacial score (nSPS) is 16.0. The lowest BCUT2D eigenvalue weighted by atomic mass is 10.0. The highest BCUT2D eigenvalue weighted by Gasteiger charge is 2.29. The summed E-state index contributed by atoms with van der Waals surface area (Å²) in [6.07, 6.45) is 7.13. The van der Waals surface area contributed by atoms with E-state index in [9.17, 15) is 18.0 Å². The molecule has 0 saturated heterocycles. The van der Waals surface area contributed by atoms with Crippen molar-refractivity contribution in [2.45, 2.75) is 44.8 Å². The van der Waals surface area contributed by atoms with Crippen LogP contribution in [0.15, 0.2) is 53.5 Å². The third-order valence-corrected chi connectivity index (χ3v) is 8.47. The lowest BCUT2D eigenvalue weighted by Gasteiger charge is -2.16. The first-order valence-corrected chi connectivity index (χ1v) is 13.3. The van der Waals surface area contributed by atoms with Crippen LogP contribution in [-0.2, 0) is 14.6 Å². The second-order valence-corrected chi connectivity index (χ2v) is 11.8. The molecule has 186 valence electrons. The van der Waals surface area contributed by atoms with Gasteiger partial charge < -0.3 is 10.6 Å². The van der Waals surface area contributed by atoms with E-state index in [-0.39, 0.29) is 29.0 Å². The highest BCUT2D eigenvalue weighted by Crippen LogP contribution is 2.31. The van der Waals surface area contributed by atoms with Crippen LogP contribution in [0.2, 0.25) is 0 Å².